The number of rotatable bonds is 5. The Morgan fingerprint density at radius 2 is 1.88 bits per heavy atom. The third-order valence-electron chi connectivity index (χ3n) is 4.85. The Hall–Kier alpha value is -1.48. The summed E-state index contributed by atoms with van der Waals surface area (Å²) in [5.41, 5.74) is 0.435. The van der Waals surface area contributed by atoms with Gasteiger partial charge in [0, 0.05) is 31.9 Å². The van der Waals surface area contributed by atoms with Gasteiger partial charge >= 0.3 is 0 Å². The van der Waals surface area contributed by atoms with E-state index in [1.165, 1.54) is 16.4 Å². The van der Waals surface area contributed by atoms with Gasteiger partial charge in [0.15, 0.2) is 0 Å². The van der Waals surface area contributed by atoms with E-state index in [-0.39, 0.29) is 29.4 Å². The molecule has 138 valence electrons. The van der Waals surface area contributed by atoms with E-state index in [2.05, 4.69) is 5.32 Å². The summed E-state index contributed by atoms with van der Waals surface area (Å²) in [7, 11) is -3.56. The van der Waals surface area contributed by atoms with Crippen molar-refractivity contribution in [3.63, 3.8) is 0 Å². The first-order valence-electron chi connectivity index (χ1n) is 8.60. The van der Waals surface area contributed by atoms with Crippen molar-refractivity contribution in [2.24, 2.45) is 5.92 Å². The maximum Gasteiger partial charge on any atom is 0.251 e. The van der Waals surface area contributed by atoms with Gasteiger partial charge in [0.25, 0.3) is 5.91 Å². The Bertz CT molecular complexity index is 690. The summed E-state index contributed by atoms with van der Waals surface area (Å²) in [5.74, 6) is -0.0414. The Kier molecular flexibility index (Phi) is 5.73. The minimum absolute atomic E-state index is 0.0173. The van der Waals surface area contributed by atoms with Crippen molar-refractivity contribution in [3.05, 3.63) is 29.8 Å². The average Bonchev–Trinajstić information content (AvgIpc) is 3.15. The van der Waals surface area contributed by atoms with Crippen LogP contribution < -0.4 is 5.32 Å². The summed E-state index contributed by atoms with van der Waals surface area (Å²) in [6.45, 7) is 2.09. The molecule has 2 heterocycles. The predicted octanol–water partition coefficient (Wildman–Crippen LogP) is 0.598. The van der Waals surface area contributed by atoms with Crippen LogP contribution in [-0.2, 0) is 14.8 Å². The normalized spacial score (nSPS) is 22.8. The molecule has 1 unspecified atom stereocenters. The van der Waals surface area contributed by atoms with E-state index >= 15 is 0 Å². The van der Waals surface area contributed by atoms with Gasteiger partial charge in [-0.3, -0.25) is 4.79 Å². The van der Waals surface area contributed by atoms with Crippen molar-refractivity contribution in [2.75, 3.05) is 32.9 Å². The minimum atomic E-state index is -3.56. The highest BCUT2D eigenvalue weighted by Gasteiger charge is 2.29. The summed E-state index contributed by atoms with van der Waals surface area (Å²) in [5, 5.41) is 12.0. The third kappa shape index (κ3) is 4.20. The molecule has 0 saturated carbocycles. The molecule has 0 aromatic heterocycles. The first kappa shape index (κ1) is 18.3. The van der Waals surface area contributed by atoms with Gasteiger partial charge in [-0.1, -0.05) is 0 Å². The summed E-state index contributed by atoms with van der Waals surface area (Å²) in [4.78, 5) is 12.4. The molecule has 2 fully saturated rings. The van der Waals surface area contributed by atoms with Crippen LogP contribution in [0.3, 0.4) is 0 Å². The molecular weight excluding hydrogens is 344 g/mol. The molecule has 2 aliphatic rings. The molecule has 0 aliphatic carbocycles. The van der Waals surface area contributed by atoms with Crippen LogP contribution in [0, 0.1) is 5.92 Å². The molecule has 0 radical (unpaired) electrons. The Morgan fingerprint density at radius 3 is 2.44 bits per heavy atom. The van der Waals surface area contributed by atoms with Crippen LogP contribution in [0.15, 0.2) is 29.2 Å². The molecule has 0 bridgehead atoms. The van der Waals surface area contributed by atoms with Gasteiger partial charge < -0.3 is 15.2 Å². The number of sulfonamides is 1. The number of aliphatic hydroxyl groups excluding tert-OH is 1. The summed E-state index contributed by atoms with van der Waals surface area (Å²) in [6, 6.07) is 6.06. The number of benzene rings is 1. The highest BCUT2D eigenvalue weighted by molar-refractivity contribution is 7.89. The summed E-state index contributed by atoms with van der Waals surface area (Å²) in [6.07, 6.45) is 2.13. The number of nitrogens with zero attached hydrogens (tertiary/aromatic N) is 1. The second kappa shape index (κ2) is 7.82. The van der Waals surface area contributed by atoms with Crippen LogP contribution in [0.25, 0.3) is 0 Å². The van der Waals surface area contributed by atoms with Gasteiger partial charge in [-0.05, 0) is 49.4 Å². The van der Waals surface area contributed by atoms with Crippen molar-refractivity contribution >= 4 is 15.9 Å². The zero-order valence-corrected chi connectivity index (χ0v) is 14.9. The molecule has 25 heavy (non-hydrogen) atoms. The molecule has 1 amide bonds. The van der Waals surface area contributed by atoms with Gasteiger partial charge in [0.1, 0.15) is 0 Å². The fourth-order valence-corrected chi connectivity index (χ4v) is 4.65. The molecule has 2 N–H and O–H groups in total. The lowest BCUT2D eigenvalue weighted by Gasteiger charge is -2.30. The van der Waals surface area contributed by atoms with E-state index in [1.807, 2.05) is 0 Å². The van der Waals surface area contributed by atoms with Gasteiger partial charge in [-0.15, -0.1) is 0 Å². The predicted molar refractivity (Wildman–Crippen MR) is 91.7 cm³/mol. The molecule has 2 saturated heterocycles. The fraction of sp³-hybridized carbons (Fsp3) is 0.588. The first-order valence-corrected chi connectivity index (χ1v) is 10.0. The fourth-order valence-electron chi connectivity index (χ4n) is 3.18. The quantitative estimate of drug-likeness (QED) is 0.793. The van der Waals surface area contributed by atoms with E-state index < -0.39 is 10.0 Å². The van der Waals surface area contributed by atoms with Gasteiger partial charge in [0.2, 0.25) is 10.0 Å². The Morgan fingerprint density at radius 1 is 1.20 bits per heavy atom. The number of piperidine rings is 1. The lowest BCUT2D eigenvalue weighted by atomic mass is 10.00. The van der Waals surface area contributed by atoms with Crippen LogP contribution in [-0.4, -0.2) is 62.7 Å². The highest BCUT2D eigenvalue weighted by Crippen LogP contribution is 2.23. The summed E-state index contributed by atoms with van der Waals surface area (Å²) >= 11 is 0. The number of carbonyl (C=O) groups excluding carboxylic acids is 1. The van der Waals surface area contributed by atoms with Crippen molar-refractivity contribution in [2.45, 2.75) is 30.2 Å². The molecule has 3 rings (SSSR count). The standard InChI is InChI=1S/C17H24N2O5S/c20-11-13-5-8-19(9-6-13)25(22,23)16-3-1-14(2-4-16)17(21)18-15-7-10-24-12-15/h1-4,13,15,20H,5-12H2,(H,18,21). The van der Waals surface area contributed by atoms with Crippen molar-refractivity contribution in [1.29, 1.82) is 0 Å². The molecule has 1 atom stereocenters. The number of hydrogen-bond acceptors (Lipinski definition) is 5. The van der Waals surface area contributed by atoms with Crippen LogP contribution >= 0.6 is 0 Å². The topological polar surface area (TPSA) is 95.9 Å². The third-order valence-corrected chi connectivity index (χ3v) is 6.76. The van der Waals surface area contributed by atoms with Crippen LogP contribution in [0.5, 0.6) is 0 Å². The van der Waals surface area contributed by atoms with E-state index in [0.29, 0.717) is 44.7 Å². The van der Waals surface area contributed by atoms with Crippen molar-refractivity contribution < 1.29 is 23.1 Å². The zero-order chi connectivity index (χ0) is 17.9. The van der Waals surface area contributed by atoms with Crippen molar-refractivity contribution in [1.82, 2.24) is 9.62 Å². The molecule has 1 aromatic carbocycles. The average molecular weight is 368 g/mol. The van der Waals surface area contributed by atoms with Gasteiger partial charge in [-0.25, -0.2) is 8.42 Å². The lowest BCUT2D eigenvalue weighted by Crippen LogP contribution is -2.39. The second-order valence-electron chi connectivity index (χ2n) is 6.59. The van der Waals surface area contributed by atoms with E-state index in [9.17, 15) is 13.2 Å². The number of nitrogens with one attached hydrogen (secondary N) is 1. The minimum Gasteiger partial charge on any atom is -0.396 e. The first-order chi connectivity index (χ1) is 12.0. The maximum atomic E-state index is 12.7. The van der Waals surface area contributed by atoms with Gasteiger partial charge in [0.05, 0.1) is 17.5 Å². The monoisotopic (exact) mass is 368 g/mol. The molecular formula is C17H24N2O5S. The van der Waals surface area contributed by atoms with E-state index in [1.54, 1.807) is 12.1 Å². The number of carbonyl (C=O) groups is 1. The van der Waals surface area contributed by atoms with Crippen LogP contribution in [0.2, 0.25) is 0 Å². The smallest absolute Gasteiger partial charge is 0.251 e. The van der Waals surface area contributed by atoms with Crippen molar-refractivity contribution in [3.8, 4) is 0 Å². The summed E-state index contributed by atoms with van der Waals surface area (Å²) < 4.78 is 32.1. The van der Waals surface area contributed by atoms with Gasteiger partial charge in [-0.2, -0.15) is 4.31 Å². The number of amides is 1. The largest absolute Gasteiger partial charge is 0.396 e. The molecule has 0 spiro atoms. The Labute approximate surface area is 148 Å². The Balaban J connectivity index is 1.65. The second-order valence-corrected chi connectivity index (χ2v) is 8.53. The molecule has 7 nitrogen and oxygen atoms in total. The molecule has 1 aromatic rings. The lowest BCUT2D eigenvalue weighted by molar-refractivity contribution is 0.0930. The van der Waals surface area contributed by atoms with Crippen LogP contribution in [0.1, 0.15) is 29.6 Å². The number of ether oxygens (including phenoxy) is 1. The van der Waals surface area contributed by atoms with Crippen LogP contribution in [0.4, 0.5) is 0 Å². The van der Waals surface area contributed by atoms with E-state index in [4.69, 9.17) is 9.84 Å². The van der Waals surface area contributed by atoms with E-state index in [0.717, 1.165) is 6.42 Å². The number of hydrogen-bond donors (Lipinski definition) is 2. The molecule has 8 heteroatoms. The SMILES string of the molecule is O=C(NC1CCOC1)c1ccc(S(=O)(=O)N2CCC(CO)CC2)cc1. The maximum absolute atomic E-state index is 12.7. The molecule has 2 aliphatic heterocycles. The number of aliphatic hydroxyl groups is 1. The zero-order valence-electron chi connectivity index (χ0n) is 14.1. The highest BCUT2D eigenvalue weighted by atomic mass is 32.2.